The van der Waals surface area contributed by atoms with E-state index in [4.69, 9.17) is 4.74 Å². The van der Waals surface area contributed by atoms with Gasteiger partial charge in [-0.2, -0.15) is 0 Å². The number of nitrogens with one attached hydrogen (secondary N) is 2. The van der Waals surface area contributed by atoms with Crippen LogP contribution in [0.1, 0.15) is 30.9 Å². The van der Waals surface area contributed by atoms with Crippen molar-refractivity contribution in [2.45, 2.75) is 32.9 Å². The first-order chi connectivity index (χ1) is 13.3. The molecular weight excluding hydrogens is 338 g/mol. The highest BCUT2D eigenvalue weighted by Gasteiger charge is 2.13. The maximum absolute atomic E-state index is 5.28. The highest BCUT2D eigenvalue weighted by molar-refractivity contribution is 5.79. The van der Waals surface area contributed by atoms with Crippen LogP contribution in [-0.4, -0.2) is 37.7 Å². The summed E-state index contributed by atoms with van der Waals surface area (Å²) in [4.78, 5) is 11.6. The van der Waals surface area contributed by atoms with Crippen LogP contribution in [0.25, 0.3) is 0 Å². The Morgan fingerprint density at radius 1 is 1.15 bits per heavy atom. The van der Waals surface area contributed by atoms with Crippen molar-refractivity contribution < 1.29 is 4.74 Å². The second-order valence-corrected chi connectivity index (χ2v) is 6.62. The van der Waals surface area contributed by atoms with Crippen LogP contribution in [0.3, 0.4) is 0 Å². The monoisotopic (exact) mass is 367 g/mol. The Kier molecular flexibility index (Phi) is 6.90. The molecule has 6 nitrogen and oxygen atoms in total. The fourth-order valence-electron chi connectivity index (χ4n) is 3.16. The third-order valence-electron chi connectivity index (χ3n) is 4.60. The first-order valence-corrected chi connectivity index (χ1v) is 9.63. The van der Waals surface area contributed by atoms with E-state index < -0.39 is 0 Å². The number of methoxy groups -OCH3 is 1. The normalized spacial score (nSPS) is 14.3. The number of hydrogen-bond donors (Lipinski definition) is 2. The number of rotatable bonds is 7. The Labute approximate surface area is 161 Å². The second kappa shape index (κ2) is 9.80. The van der Waals surface area contributed by atoms with E-state index in [0.29, 0.717) is 13.1 Å². The number of aliphatic imine (C=N–C) groups is 1. The molecule has 0 atom stereocenters. The van der Waals surface area contributed by atoms with Gasteiger partial charge in [0.15, 0.2) is 5.96 Å². The lowest BCUT2D eigenvalue weighted by atomic mass is 10.2. The highest BCUT2D eigenvalue weighted by Crippen LogP contribution is 2.18. The minimum absolute atomic E-state index is 0.599. The molecule has 6 heteroatoms. The molecule has 0 aliphatic carbocycles. The Balaban J connectivity index is 1.61. The van der Waals surface area contributed by atoms with Crippen molar-refractivity contribution in [3.63, 3.8) is 0 Å². The Hall–Kier alpha value is -2.76. The van der Waals surface area contributed by atoms with Gasteiger partial charge in [0.1, 0.15) is 11.6 Å². The van der Waals surface area contributed by atoms with E-state index in [-0.39, 0.29) is 0 Å². The van der Waals surface area contributed by atoms with Crippen LogP contribution in [-0.2, 0) is 13.1 Å². The zero-order valence-corrected chi connectivity index (χ0v) is 16.2. The fraction of sp³-hybridized carbons (Fsp3) is 0.429. The molecule has 2 aromatic rings. The molecule has 1 aromatic heterocycles. The van der Waals surface area contributed by atoms with Gasteiger partial charge in [-0.05, 0) is 55.2 Å². The summed E-state index contributed by atoms with van der Waals surface area (Å²) in [6.45, 7) is 6.41. The standard InChI is InChI=1S/C21H29N5O/c1-3-22-21(24-15-17-7-6-8-19(13-17)27-2)25-16-18-9-10-23-20(14-18)26-11-4-5-12-26/h6-10,13-14H,3-5,11-12,15-16H2,1-2H3,(H2,22,24,25). The number of hydrogen-bond acceptors (Lipinski definition) is 4. The lowest BCUT2D eigenvalue weighted by Crippen LogP contribution is -2.36. The van der Waals surface area contributed by atoms with Gasteiger partial charge >= 0.3 is 0 Å². The van der Waals surface area contributed by atoms with Gasteiger partial charge in [0.05, 0.1) is 13.7 Å². The van der Waals surface area contributed by atoms with E-state index in [0.717, 1.165) is 42.7 Å². The van der Waals surface area contributed by atoms with Gasteiger partial charge in [0.25, 0.3) is 0 Å². The summed E-state index contributed by atoms with van der Waals surface area (Å²) in [6.07, 6.45) is 4.41. The van der Waals surface area contributed by atoms with Crippen molar-refractivity contribution in [3.05, 3.63) is 53.7 Å². The zero-order valence-electron chi connectivity index (χ0n) is 16.2. The third-order valence-corrected chi connectivity index (χ3v) is 4.60. The number of pyridine rings is 1. The number of benzene rings is 1. The number of anilines is 1. The summed E-state index contributed by atoms with van der Waals surface area (Å²) in [5, 5.41) is 6.72. The molecule has 2 heterocycles. The van der Waals surface area contributed by atoms with Crippen molar-refractivity contribution >= 4 is 11.8 Å². The topological polar surface area (TPSA) is 61.8 Å². The van der Waals surface area contributed by atoms with Gasteiger partial charge in [-0.3, -0.25) is 0 Å². The van der Waals surface area contributed by atoms with Crippen LogP contribution in [0.5, 0.6) is 5.75 Å². The summed E-state index contributed by atoms with van der Waals surface area (Å²) in [6, 6.07) is 12.2. The molecule has 0 amide bonds. The fourth-order valence-corrected chi connectivity index (χ4v) is 3.16. The van der Waals surface area contributed by atoms with Crippen LogP contribution < -0.4 is 20.3 Å². The number of nitrogens with zero attached hydrogens (tertiary/aromatic N) is 3. The maximum atomic E-state index is 5.28. The molecule has 1 saturated heterocycles. The van der Waals surface area contributed by atoms with Crippen LogP contribution in [0.15, 0.2) is 47.6 Å². The number of ether oxygens (including phenoxy) is 1. The quantitative estimate of drug-likeness (QED) is 0.582. The van der Waals surface area contributed by atoms with Crippen LogP contribution in [0.2, 0.25) is 0 Å². The molecule has 0 spiro atoms. The number of guanidine groups is 1. The predicted octanol–water partition coefficient (Wildman–Crippen LogP) is 2.95. The van der Waals surface area contributed by atoms with E-state index >= 15 is 0 Å². The minimum atomic E-state index is 0.599. The van der Waals surface area contributed by atoms with Crippen LogP contribution >= 0.6 is 0 Å². The molecule has 1 aromatic carbocycles. The average Bonchev–Trinajstić information content (AvgIpc) is 3.25. The van der Waals surface area contributed by atoms with E-state index in [1.54, 1.807) is 7.11 Å². The summed E-state index contributed by atoms with van der Waals surface area (Å²) in [7, 11) is 1.68. The molecular formula is C21H29N5O. The molecule has 1 aliphatic heterocycles. The highest BCUT2D eigenvalue weighted by atomic mass is 16.5. The van der Waals surface area contributed by atoms with Crippen molar-refractivity contribution in [2.75, 3.05) is 31.6 Å². The molecule has 3 rings (SSSR count). The van der Waals surface area contributed by atoms with Crippen molar-refractivity contribution in [3.8, 4) is 5.75 Å². The predicted molar refractivity (Wildman–Crippen MR) is 110 cm³/mol. The molecule has 1 fully saturated rings. The minimum Gasteiger partial charge on any atom is -0.497 e. The molecule has 0 saturated carbocycles. The van der Waals surface area contributed by atoms with E-state index in [1.807, 2.05) is 24.4 Å². The Bertz CT molecular complexity index is 756. The first kappa shape index (κ1) is 19.0. The molecule has 0 radical (unpaired) electrons. The van der Waals surface area contributed by atoms with E-state index in [1.165, 1.54) is 18.4 Å². The van der Waals surface area contributed by atoms with E-state index in [9.17, 15) is 0 Å². The van der Waals surface area contributed by atoms with Crippen molar-refractivity contribution in [1.82, 2.24) is 15.6 Å². The second-order valence-electron chi connectivity index (χ2n) is 6.62. The van der Waals surface area contributed by atoms with Crippen LogP contribution in [0, 0.1) is 0 Å². The van der Waals surface area contributed by atoms with Gasteiger partial charge in [-0.15, -0.1) is 0 Å². The first-order valence-electron chi connectivity index (χ1n) is 9.63. The summed E-state index contributed by atoms with van der Waals surface area (Å²) < 4.78 is 5.28. The zero-order chi connectivity index (χ0) is 18.9. The summed E-state index contributed by atoms with van der Waals surface area (Å²) >= 11 is 0. The van der Waals surface area contributed by atoms with Gasteiger partial charge in [-0.1, -0.05) is 12.1 Å². The van der Waals surface area contributed by atoms with E-state index in [2.05, 4.69) is 50.6 Å². The van der Waals surface area contributed by atoms with Crippen molar-refractivity contribution in [2.24, 2.45) is 4.99 Å². The van der Waals surface area contributed by atoms with Gasteiger partial charge < -0.3 is 20.3 Å². The maximum Gasteiger partial charge on any atom is 0.191 e. The van der Waals surface area contributed by atoms with Gasteiger partial charge in [0, 0.05) is 32.4 Å². The number of aromatic nitrogens is 1. The lowest BCUT2D eigenvalue weighted by molar-refractivity contribution is 0.414. The molecule has 144 valence electrons. The Morgan fingerprint density at radius 2 is 2.00 bits per heavy atom. The largest absolute Gasteiger partial charge is 0.497 e. The van der Waals surface area contributed by atoms with Crippen LogP contribution in [0.4, 0.5) is 5.82 Å². The SMILES string of the molecule is CCNC(=NCc1cccc(OC)c1)NCc1ccnc(N2CCCC2)c1. The van der Waals surface area contributed by atoms with Crippen molar-refractivity contribution in [1.29, 1.82) is 0 Å². The molecule has 27 heavy (non-hydrogen) atoms. The molecule has 0 bridgehead atoms. The molecule has 0 unspecified atom stereocenters. The summed E-state index contributed by atoms with van der Waals surface area (Å²) in [5.41, 5.74) is 2.32. The average molecular weight is 367 g/mol. The smallest absolute Gasteiger partial charge is 0.191 e. The summed E-state index contributed by atoms with van der Waals surface area (Å²) in [5.74, 6) is 2.73. The molecule has 1 aliphatic rings. The molecule has 2 N–H and O–H groups in total. The lowest BCUT2D eigenvalue weighted by Gasteiger charge is -2.17. The third kappa shape index (κ3) is 5.61. The van der Waals surface area contributed by atoms with Gasteiger partial charge in [-0.25, -0.2) is 9.98 Å². The van der Waals surface area contributed by atoms with Gasteiger partial charge in [0.2, 0.25) is 0 Å². The Morgan fingerprint density at radius 3 is 2.78 bits per heavy atom.